The predicted octanol–water partition coefficient (Wildman–Crippen LogP) is 2.51. The van der Waals surface area contributed by atoms with Crippen LogP contribution in [0.15, 0.2) is 59.6 Å². The number of thiophene rings is 1. The van der Waals surface area contributed by atoms with E-state index in [4.69, 9.17) is 0 Å². The average molecular weight is 298 g/mol. The van der Waals surface area contributed by atoms with Gasteiger partial charge in [-0.25, -0.2) is 0 Å². The molecule has 1 aromatic carbocycles. The summed E-state index contributed by atoms with van der Waals surface area (Å²) in [5, 5.41) is 15.0. The monoisotopic (exact) mass is 298 g/mol. The SMILES string of the molecule is O=C(N[C@@H](Cn1nccn1)c1ccccc1)c1ccsc1. The summed E-state index contributed by atoms with van der Waals surface area (Å²) >= 11 is 1.51. The Kier molecular flexibility index (Phi) is 4.07. The van der Waals surface area contributed by atoms with Gasteiger partial charge in [0.2, 0.25) is 0 Å². The zero-order valence-corrected chi connectivity index (χ0v) is 12.0. The molecule has 5 nitrogen and oxygen atoms in total. The second-order valence-corrected chi connectivity index (χ2v) is 5.31. The Labute approximate surface area is 126 Å². The zero-order chi connectivity index (χ0) is 14.5. The van der Waals surface area contributed by atoms with Gasteiger partial charge in [0.15, 0.2) is 0 Å². The van der Waals surface area contributed by atoms with Crippen molar-refractivity contribution in [2.75, 3.05) is 0 Å². The predicted molar refractivity (Wildman–Crippen MR) is 81.0 cm³/mol. The highest BCUT2D eigenvalue weighted by molar-refractivity contribution is 7.08. The third-order valence-corrected chi connectivity index (χ3v) is 3.79. The topological polar surface area (TPSA) is 59.8 Å². The summed E-state index contributed by atoms with van der Waals surface area (Å²) in [6.07, 6.45) is 3.26. The molecule has 2 aromatic heterocycles. The highest BCUT2D eigenvalue weighted by Crippen LogP contribution is 2.16. The van der Waals surface area contributed by atoms with E-state index < -0.39 is 0 Å². The Hall–Kier alpha value is -2.47. The first-order valence-corrected chi connectivity index (χ1v) is 7.49. The van der Waals surface area contributed by atoms with E-state index in [2.05, 4.69) is 15.5 Å². The number of hydrogen-bond acceptors (Lipinski definition) is 4. The molecule has 0 aliphatic heterocycles. The van der Waals surface area contributed by atoms with Crippen molar-refractivity contribution in [3.63, 3.8) is 0 Å². The van der Waals surface area contributed by atoms with Crippen LogP contribution in [0, 0.1) is 0 Å². The molecule has 0 aliphatic carbocycles. The summed E-state index contributed by atoms with van der Waals surface area (Å²) in [4.78, 5) is 13.8. The molecule has 0 saturated heterocycles. The van der Waals surface area contributed by atoms with Crippen molar-refractivity contribution in [3.8, 4) is 0 Å². The van der Waals surface area contributed by atoms with E-state index in [1.807, 2.05) is 47.2 Å². The molecular weight excluding hydrogens is 284 g/mol. The molecule has 1 atom stereocenters. The summed E-state index contributed by atoms with van der Waals surface area (Å²) in [5.74, 6) is -0.0859. The van der Waals surface area contributed by atoms with Gasteiger partial charge in [0.05, 0.1) is 30.5 Å². The van der Waals surface area contributed by atoms with Crippen LogP contribution in [-0.2, 0) is 6.54 Å². The number of carbonyl (C=O) groups is 1. The van der Waals surface area contributed by atoms with E-state index in [9.17, 15) is 4.79 Å². The Morgan fingerprint density at radius 1 is 1.19 bits per heavy atom. The fraction of sp³-hybridized carbons (Fsp3) is 0.133. The van der Waals surface area contributed by atoms with Crippen LogP contribution >= 0.6 is 11.3 Å². The minimum absolute atomic E-state index is 0.0859. The van der Waals surface area contributed by atoms with Crippen molar-refractivity contribution in [2.45, 2.75) is 12.6 Å². The Morgan fingerprint density at radius 3 is 2.62 bits per heavy atom. The molecule has 0 saturated carbocycles. The van der Waals surface area contributed by atoms with Crippen molar-refractivity contribution in [3.05, 3.63) is 70.7 Å². The molecule has 2 heterocycles. The van der Waals surface area contributed by atoms with Gasteiger partial charge in [0, 0.05) is 5.38 Å². The highest BCUT2D eigenvalue weighted by atomic mass is 32.1. The first kappa shape index (κ1) is 13.5. The fourth-order valence-corrected chi connectivity index (χ4v) is 2.69. The molecule has 0 fully saturated rings. The lowest BCUT2D eigenvalue weighted by molar-refractivity contribution is 0.0931. The van der Waals surface area contributed by atoms with Crippen LogP contribution in [0.5, 0.6) is 0 Å². The maximum absolute atomic E-state index is 12.3. The molecule has 106 valence electrons. The van der Waals surface area contributed by atoms with Gasteiger partial charge in [-0.2, -0.15) is 26.3 Å². The number of nitrogens with one attached hydrogen (secondary N) is 1. The molecule has 6 heteroatoms. The van der Waals surface area contributed by atoms with Crippen molar-refractivity contribution in [1.82, 2.24) is 20.3 Å². The number of benzene rings is 1. The maximum Gasteiger partial charge on any atom is 0.252 e. The normalized spacial score (nSPS) is 12.0. The first-order valence-electron chi connectivity index (χ1n) is 6.55. The molecule has 21 heavy (non-hydrogen) atoms. The molecule has 3 rings (SSSR count). The average Bonchev–Trinajstić information content (AvgIpc) is 3.21. The van der Waals surface area contributed by atoms with E-state index >= 15 is 0 Å². The lowest BCUT2D eigenvalue weighted by Crippen LogP contribution is -2.31. The fourth-order valence-electron chi connectivity index (χ4n) is 2.06. The largest absolute Gasteiger partial charge is 0.343 e. The maximum atomic E-state index is 12.3. The van der Waals surface area contributed by atoms with Gasteiger partial charge < -0.3 is 5.32 Å². The van der Waals surface area contributed by atoms with Crippen LogP contribution in [0.4, 0.5) is 0 Å². The van der Waals surface area contributed by atoms with Gasteiger partial charge in [-0.3, -0.25) is 4.79 Å². The van der Waals surface area contributed by atoms with Crippen molar-refractivity contribution >= 4 is 17.2 Å². The van der Waals surface area contributed by atoms with E-state index in [1.54, 1.807) is 17.2 Å². The number of hydrogen-bond donors (Lipinski definition) is 1. The summed E-state index contributed by atoms with van der Waals surface area (Å²) in [7, 11) is 0. The van der Waals surface area contributed by atoms with Gasteiger partial charge in [-0.15, -0.1) is 0 Å². The van der Waals surface area contributed by atoms with E-state index in [-0.39, 0.29) is 11.9 Å². The molecule has 3 aromatic rings. The molecule has 0 spiro atoms. The van der Waals surface area contributed by atoms with Crippen LogP contribution in [0.2, 0.25) is 0 Å². The van der Waals surface area contributed by atoms with Crippen LogP contribution < -0.4 is 5.32 Å². The molecular formula is C15H14N4OS. The molecule has 0 bridgehead atoms. The third-order valence-electron chi connectivity index (χ3n) is 3.10. The Bertz CT molecular complexity index is 680. The van der Waals surface area contributed by atoms with Crippen LogP contribution in [0.3, 0.4) is 0 Å². The lowest BCUT2D eigenvalue weighted by Gasteiger charge is -2.18. The number of rotatable bonds is 5. The number of aromatic nitrogens is 3. The highest BCUT2D eigenvalue weighted by Gasteiger charge is 2.17. The van der Waals surface area contributed by atoms with Gasteiger partial charge in [-0.1, -0.05) is 30.3 Å². The van der Waals surface area contributed by atoms with Crippen LogP contribution in [0.25, 0.3) is 0 Å². The number of carbonyl (C=O) groups excluding carboxylic acids is 1. The van der Waals surface area contributed by atoms with E-state index in [0.717, 1.165) is 5.56 Å². The quantitative estimate of drug-likeness (QED) is 0.787. The number of amides is 1. The van der Waals surface area contributed by atoms with Gasteiger partial charge >= 0.3 is 0 Å². The lowest BCUT2D eigenvalue weighted by atomic mass is 10.1. The van der Waals surface area contributed by atoms with E-state index in [1.165, 1.54) is 11.3 Å². The van der Waals surface area contributed by atoms with Crippen LogP contribution in [0.1, 0.15) is 22.0 Å². The van der Waals surface area contributed by atoms with E-state index in [0.29, 0.717) is 12.1 Å². The minimum atomic E-state index is -0.175. The molecule has 1 N–H and O–H groups in total. The minimum Gasteiger partial charge on any atom is -0.343 e. The standard InChI is InChI=1S/C15H14N4OS/c20-15(13-6-9-21-11-13)18-14(10-19-16-7-8-17-19)12-4-2-1-3-5-12/h1-9,11,14H,10H2,(H,18,20)/t14-/m0/s1. The first-order chi connectivity index (χ1) is 10.3. The summed E-state index contributed by atoms with van der Waals surface area (Å²) in [6.45, 7) is 0.493. The molecule has 0 aliphatic rings. The zero-order valence-electron chi connectivity index (χ0n) is 11.2. The van der Waals surface area contributed by atoms with Gasteiger partial charge in [-0.05, 0) is 17.0 Å². The summed E-state index contributed by atoms with van der Waals surface area (Å²) in [6, 6.07) is 11.5. The number of nitrogens with zero attached hydrogens (tertiary/aromatic N) is 3. The molecule has 0 radical (unpaired) electrons. The van der Waals surface area contributed by atoms with Gasteiger partial charge in [0.25, 0.3) is 5.91 Å². The molecule has 0 unspecified atom stereocenters. The second-order valence-electron chi connectivity index (χ2n) is 4.53. The third kappa shape index (κ3) is 3.35. The van der Waals surface area contributed by atoms with Crippen molar-refractivity contribution in [2.24, 2.45) is 0 Å². The smallest absolute Gasteiger partial charge is 0.252 e. The van der Waals surface area contributed by atoms with Crippen molar-refractivity contribution in [1.29, 1.82) is 0 Å². The Morgan fingerprint density at radius 2 is 1.95 bits per heavy atom. The molecule has 1 amide bonds. The Balaban J connectivity index is 1.80. The summed E-state index contributed by atoms with van der Waals surface area (Å²) < 4.78 is 0. The second kappa shape index (κ2) is 6.32. The van der Waals surface area contributed by atoms with Crippen molar-refractivity contribution < 1.29 is 4.79 Å². The van der Waals surface area contributed by atoms with Crippen LogP contribution in [-0.4, -0.2) is 20.9 Å². The van der Waals surface area contributed by atoms with Gasteiger partial charge in [0.1, 0.15) is 0 Å². The summed E-state index contributed by atoms with van der Waals surface area (Å²) in [5.41, 5.74) is 1.70.